The number of carbonyl (C=O) groups is 1. The van der Waals surface area contributed by atoms with Gasteiger partial charge in [0.15, 0.2) is 0 Å². The summed E-state index contributed by atoms with van der Waals surface area (Å²) in [6.45, 7) is 2.76. The Labute approximate surface area is 153 Å². The SMILES string of the molecule is O=C(NC[C@@H](c1ccco1)N1CCCCC1)c1cc2c(s1)CCCC2. The van der Waals surface area contributed by atoms with E-state index < -0.39 is 0 Å². The largest absolute Gasteiger partial charge is 0.468 e. The van der Waals surface area contributed by atoms with E-state index in [1.165, 1.54) is 42.5 Å². The monoisotopic (exact) mass is 358 g/mol. The topological polar surface area (TPSA) is 45.5 Å². The zero-order valence-electron chi connectivity index (χ0n) is 14.6. The lowest BCUT2D eigenvalue weighted by molar-refractivity contribution is 0.0918. The minimum Gasteiger partial charge on any atom is -0.468 e. The van der Waals surface area contributed by atoms with Crippen LogP contribution in [-0.2, 0) is 12.8 Å². The normalized spacial score (nSPS) is 19.4. The fourth-order valence-electron chi connectivity index (χ4n) is 4.00. The first-order valence-electron chi connectivity index (χ1n) is 9.48. The summed E-state index contributed by atoms with van der Waals surface area (Å²) in [6, 6.07) is 6.20. The molecule has 3 heterocycles. The zero-order chi connectivity index (χ0) is 17.1. The number of nitrogens with zero attached hydrogens (tertiary/aromatic N) is 1. The minimum absolute atomic E-state index is 0.0629. The highest BCUT2D eigenvalue weighted by Crippen LogP contribution is 2.30. The Hall–Kier alpha value is -1.59. The molecule has 1 fully saturated rings. The standard InChI is InChI=1S/C20H26N2O2S/c23-20(19-13-15-7-2-3-9-18(15)25-19)21-14-16(17-8-6-12-24-17)22-10-4-1-5-11-22/h6,8,12-13,16H,1-5,7,9-11,14H2,(H,21,23)/t16-/m0/s1. The maximum absolute atomic E-state index is 12.7. The number of nitrogens with one attached hydrogen (secondary N) is 1. The van der Waals surface area contributed by atoms with Crippen molar-refractivity contribution in [3.05, 3.63) is 45.5 Å². The highest BCUT2D eigenvalue weighted by Gasteiger charge is 2.25. The van der Waals surface area contributed by atoms with Crippen LogP contribution in [0.25, 0.3) is 0 Å². The molecule has 134 valence electrons. The zero-order valence-corrected chi connectivity index (χ0v) is 15.4. The molecule has 1 amide bonds. The average Bonchev–Trinajstić information content (AvgIpc) is 3.32. The van der Waals surface area contributed by atoms with Crippen molar-refractivity contribution in [2.24, 2.45) is 0 Å². The number of carbonyl (C=O) groups excluding carboxylic acids is 1. The van der Waals surface area contributed by atoms with Crippen molar-refractivity contribution in [3.63, 3.8) is 0 Å². The molecular weight excluding hydrogens is 332 g/mol. The highest BCUT2D eigenvalue weighted by molar-refractivity contribution is 7.14. The summed E-state index contributed by atoms with van der Waals surface area (Å²) in [5, 5.41) is 3.16. The van der Waals surface area contributed by atoms with Gasteiger partial charge in [-0.1, -0.05) is 6.42 Å². The maximum atomic E-state index is 12.7. The summed E-state index contributed by atoms with van der Waals surface area (Å²) < 4.78 is 5.66. The molecule has 0 saturated carbocycles. The number of rotatable bonds is 5. The minimum atomic E-state index is 0.0629. The van der Waals surface area contributed by atoms with Crippen LogP contribution in [0.5, 0.6) is 0 Å². The van der Waals surface area contributed by atoms with Gasteiger partial charge < -0.3 is 9.73 Å². The van der Waals surface area contributed by atoms with Crippen LogP contribution in [0, 0.1) is 0 Å². The third-order valence-electron chi connectivity index (χ3n) is 5.38. The van der Waals surface area contributed by atoms with Gasteiger partial charge in [0.2, 0.25) is 0 Å². The highest BCUT2D eigenvalue weighted by atomic mass is 32.1. The maximum Gasteiger partial charge on any atom is 0.261 e. The molecule has 0 radical (unpaired) electrons. The van der Waals surface area contributed by atoms with Crippen LogP contribution >= 0.6 is 11.3 Å². The van der Waals surface area contributed by atoms with Crippen LogP contribution in [0.1, 0.15) is 64.0 Å². The second-order valence-electron chi connectivity index (χ2n) is 7.10. The second-order valence-corrected chi connectivity index (χ2v) is 8.24. The van der Waals surface area contributed by atoms with E-state index in [0.717, 1.165) is 36.6 Å². The van der Waals surface area contributed by atoms with Gasteiger partial charge in [-0.25, -0.2) is 0 Å². The Kier molecular flexibility index (Phi) is 5.22. The molecule has 2 aromatic rings. The van der Waals surface area contributed by atoms with E-state index in [1.807, 2.05) is 12.1 Å². The van der Waals surface area contributed by atoms with E-state index in [-0.39, 0.29) is 11.9 Å². The van der Waals surface area contributed by atoms with E-state index in [1.54, 1.807) is 17.6 Å². The molecule has 1 aliphatic carbocycles. The van der Waals surface area contributed by atoms with E-state index in [9.17, 15) is 4.79 Å². The summed E-state index contributed by atoms with van der Waals surface area (Å²) in [5.41, 5.74) is 1.39. The molecule has 0 spiro atoms. The summed E-state index contributed by atoms with van der Waals surface area (Å²) >= 11 is 1.68. The molecule has 1 N–H and O–H groups in total. The van der Waals surface area contributed by atoms with E-state index in [4.69, 9.17) is 4.42 Å². The number of fused-ring (bicyclic) bond motifs is 1. The number of thiophene rings is 1. The third-order valence-corrected chi connectivity index (χ3v) is 6.62. The molecule has 2 aromatic heterocycles. The summed E-state index contributed by atoms with van der Waals surface area (Å²) in [4.78, 5) is 17.4. The number of piperidine rings is 1. The van der Waals surface area contributed by atoms with E-state index >= 15 is 0 Å². The van der Waals surface area contributed by atoms with Gasteiger partial charge >= 0.3 is 0 Å². The van der Waals surface area contributed by atoms with Gasteiger partial charge in [0.25, 0.3) is 5.91 Å². The lowest BCUT2D eigenvalue weighted by atomic mass is 9.99. The van der Waals surface area contributed by atoms with Crippen molar-refractivity contribution in [1.29, 1.82) is 0 Å². The fraction of sp³-hybridized carbons (Fsp3) is 0.550. The van der Waals surface area contributed by atoms with Crippen LogP contribution in [0.4, 0.5) is 0 Å². The second kappa shape index (κ2) is 7.75. The molecule has 0 bridgehead atoms. The first-order chi connectivity index (χ1) is 12.3. The van der Waals surface area contributed by atoms with Crippen molar-refractivity contribution in [1.82, 2.24) is 10.2 Å². The van der Waals surface area contributed by atoms with Gasteiger partial charge in [-0.05, 0) is 75.4 Å². The Bertz CT molecular complexity index is 678. The Morgan fingerprint density at radius 2 is 2.04 bits per heavy atom. The fourth-order valence-corrected chi connectivity index (χ4v) is 5.17. The quantitative estimate of drug-likeness (QED) is 0.872. The van der Waals surface area contributed by atoms with Crippen molar-refractivity contribution in [2.75, 3.05) is 19.6 Å². The number of likely N-dealkylation sites (tertiary alicyclic amines) is 1. The van der Waals surface area contributed by atoms with Crippen molar-refractivity contribution < 1.29 is 9.21 Å². The molecule has 5 heteroatoms. The van der Waals surface area contributed by atoms with Gasteiger partial charge in [-0.2, -0.15) is 0 Å². The molecule has 4 rings (SSSR count). The number of furan rings is 1. The molecule has 2 aliphatic rings. The van der Waals surface area contributed by atoms with Crippen LogP contribution < -0.4 is 5.32 Å². The lowest BCUT2D eigenvalue weighted by Gasteiger charge is -2.33. The molecule has 1 aliphatic heterocycles. The number of amides is 1. The summed E-state index contributed by atoms with van der Waals surface area (Å²) in [7, 11) is 0. The lowest BCUT2D eigenvalue weighted by Crippen LogP contribution is -2.40. The Morgan fingerprint density at radius 3 is 2.80 bits per heavy atom. The van der Waals surface area contributed by atoms with Crippen LogP contribution in [0.15, 0.2) is 28.9 Å². The molecular formula is C20H26N2O2S. The van der Waals surface area contributed by atoms with Gasteiger partial charge in [0.1, 0.15) is 5.76 Å². The van der Waals surface area contributed by atoms with Gasteiger partial charge in [-0.15, -0.1) is 11.3 Å². The van der Waals surface area contributed by atoms with Crippen molar-refractivity contribution in [2.45, 2.75) is 51.0 Å². The average molecular weight is 359 g/mol. The number of hydrogen-bond donors (Lipinski definition) is 1. The molecule has 1 saturated heterocycles. The molecule has 1 atom stereocenters. The number of hydrogen-bond acceptors (Lipinski definition) is 4. The predicted octanol–water partition coefficient (Wildman–Crippen LogP) is 4.18. The molecule has 0 unspecified atom stereocenters. The summed E-state index contributed by atoms with van der Waals surface area (Å²) in [6.07, 6.45) is 10.2. The van der Waals surface area contributed by atoms with Crippen LogP contribution in [0.2, 0.25) is 0 Å². The molecule has 0 aromatic carbocycles. The third kappa shape index (κ3) is 3.82. The van der Waals surface area contributed by atoms with Gasteiger partial charge in [0, 0.05) is 11.4 Å². The first kappa shape index (κ1) is 16.9. The molecule has 4 nitrogen and oxygen atoms in total. The molecule has 25 heavy (non-hydrogen) atoms. The van der Waals surface area contributed by atoms with Gasteiger partial charge in [0.05, 0.1) is 17.2 Å². The predicted molar refractivity (Wildman–Crippen MR) is 100 cm³/mol. The van der Waals surface area contributed by atoms with Crippen LogP contribution in [-0.4, -0.2) is 30.4 Å². The van der Waals surface area contributed by atoms with Gasteiger partial charge in [-0.3, -0.25) is 9.69 Å². The Balaban J connectivity index is 1.43. The van der Waals surface area contributed by atoms with Crippen molar-refractivity contribution in [3.8, 4) is 0 Å². The van der Waals surface area contributed by atoms with E-state index in [0.29, 0.717) is 6.54 Å². The van der Waals surface area contributed by atoms with Crippen molar-refractivity contribution >= 4 is 17.2 Å². The smallest absolute Gasteiger partial charge is 0.261 e. The Morgan fingerprint density at radius 1 is 1.20 bits per heavy atom. The van der Waals surface area contributed by atoms with E-state index in [2.05, 4.69) is 16.3 Å². The van der Waals surface area contributed by atoms with Crippen LogP contribution in [0.3, 0.4) is 0 Å². The summed E-state index contributed by atoms with van der Waals surface area (Å²) in [5.74, 6) is 1.01. The number of aryl methyl sites for hydroxylation is 2. The first-order valence-corrected chi connectivity index (χ1v) is 10.3.